The molecule has 1 aliphatic rings. The molecular weight excluding hydrogens is 242 g/mol. The molecule has 0 aliphatic heterocycles. The lowest BCUT2D eigenvalue weighted by Gasteiger charge is -2.33. The summed E-state index contributed by atoms with van der Waals surface area (Å²) < 4.78 is 30.7. The van der Waals surface area contributed by atoms with Crippen LogP contribution in [-0.2, 0) is 12.3 Å². The van der Waals surface area contributed by atoms with Crippen molar-refractivity contribution in [3.63, 3.8) is 0 Å². The molecule has 0 unspecified atom stereocenters. The molecule has 0 bridgehead atoms. The first kappa shape index (κ1) is 13.4. The van der Waals surface area contributed by atoms with E-state index < -0.39 is 17.3 Å². The third kappa shape index (κ3) is 3.04. The predicted molar refractivity (Wildman–Crippen MR) is 60.2 cm³/mol. The van der Waals surface area contributed by atoms with Gasteiger partial charge in [-0.15, -0.1) is 0 Å². The van der Waals surface area contributed by atoms with Gasteiger partial charge in [-0.1, -0.05) is 12.1 Å². The summed E-state index contributed by atoms with van der Waals surface area (Å²) in [6.45, 7) is 2.86. The van der Waals surface area contributed by atoms with Crippen molar-refractivity contribution in [2.45, 2.75) is 57.5 Å². The van der Waals surface area contributed by atoms with Gasteiger partial charge in [0.2, 0.25) is 11.7 Å². The van der Waals surface area contributed by atoms with E-state index in [-0.39, 0.29) is 12.3 Å². The van der Waals surface area contributed by atoms with Gasteiger partial charge in [-0.2, -0.15) is 13.8 Å². The Bertz CT molecular complexity index is 406. The molecule has 1 N–H and O–H groups in total. The minimum absolute atomic E-state index is 0.0866. The highest BCUT2D eigenvalue weighted by molar-refractivity contribution is 4.98. The zero-order valence-electron chi connectivity index (χ0n) is 10.6. The van der Waals surface area contributed by atoms with Crippen LogP contribution in [0.2, 0.25) is 0 Å². The van der Waals surface area contributed by atoms with Crippen LogP contribution in [-0.4, -0.2) is 20.8 Å². The normalized spacial score (nSPS) is 29.5. The van der Waals surface area contributed by atoms with Gasteiger partial charge in [0.1, 0.15) is 0 Å². The van der Waals surface area contributed by atoms with Crippen LogP contribution in [0.25, 0.3) is 0 Å². The fourth-order valence-corrected chi connectivity index (χ4v) is 2.26. The van der Waals surface area contributed by atoms with Gasteiger partial charge in [0.15, 0.2) is 0 Å². The highest BCUT2D eigenvalue weighted by atomic mass is 19.3. The highest BCUT2D eigenvalue weighted by Gasteiger charge is 2.36. The first-order chi connectivity index (χ1) is 8.28. The summed E-state index contributed by atoms with van der Waals surface area (Å²) in [6.07, 6.45) is 3.31. The van der Waals surface area contributed by atoms with E-state index in [1.54, 1.807) is 0 Å². The van der Waals surface area contributed by atoms with E-state index in [4.69, 9.17) is 4.52 Å². The zero-order valence-corrected chi connectivity index (χ0v) is 10.6. The molecule has 1 fully saturated rings. The van der Waals surface area contributed by atoms with Crippen molar-refractivity contribution < 1.29 is 18.4 Å². The topological polar surface area (TPSA) is 59.2 Å². The Morgan fingerprint density at radius 3 is 2.56 bits per heavy atom. The van der Waals surface area contributed by atoms with E-state index in [1.165, 1.54) is 0 Å². The molecule has 0 atom stereocenters. The molecule has 102 valence electrons. The molecule has 1 aromatic rings. The molecular formula is C12H18F2N2O2. The first-order valence-electron chi connectivity index (χ1n) is 6.22. The summed E-state index contributed by atoms with van der Waals surface area (Å²) in [4.78, 5) is 3.65. The molecule has 0 saturated heterocycles. The van der Waals surface area contributed by atoms with E-state index in [2.05, 4.69) is 17.1 Å². The van der Waals surface area contributed by atoms with E-state index >= 15 is 0 Å². The summed E-state index contributed by atoms with van der Waals surface area (Å²) in [5.74, 6) is -3.04. The van der Waals surface area contributed by atoms with Gasteiger partial charge in [-0.3, -0.25) is 0 Å². The van der Waals surface area contributed by atoms with Crippen molar-refractivity contribution in [1.82, 2.24) is 10.1 Å². The molecule has 4 nitrogen and oxygen atoms in total. The van der Waals surface area contributed by atoms with Crippen LogP contribution < -0.4 is 0 Å². The summed E-state index contributed by atoms with van der Waals surface area (Å²) in [5, 5.41) is 13.6. The Morgan fingerprint density at radius 2 is 2.06 bits per heavy atom. The standard InChI is InChI=1S/C12H18F2N2O2/c1-8-3-5-12(17,6-4-8)7-9-15-10(16-18-9)11(2,13)14/h8,17H,3-7H2,1-2H3. The van der Waals surface area contributed by atoms with Crippen LogP contribution in [0.4, 0.5) is 8.78 Å². The molecule has 18 heavy (non-hydrogen) atoms. The zero-order chi connectivity index (χ0) is 13.4. The Hall–Kier alpha value is -1.04. The largest absolute Gasteiger partial charge is 0.389 e. The minimum atomic E-state index is -3.11. The van der Waals surface area contributed by atoms with Crippen molar-refractivity contribution in [3.8, 4) is 0 Å². The van der Waals surface area contributed by atoms with Gasteiger partial charge in [-0.25, -0.2) is 0 Å². The summed E-state index contributed by atoms with van der Waals surface area (Å²) in [7, 11) is 0. The fraction of sp³-hybridized carbons (Fsp3) is 0.833. The van der Waals surface area contributed by atoms with Crippen molar-refractivity contribution in [2.75, 3.05) is 0 Å². The molecule has 6 heteroatoms. The molecule has 1 heterocycles. The van der Waals surface area contributed by atoms with E-state index in [0.717, 1.165) is 19.8 Å². The van der Waals surface area contributed by atoms with E-state index in [1.807, 2.05) is 0 Å². The molecule has 1 aliphatic carbocycles. The highest BCUT2D eigenvalue weighted by Crippen LogP contribution is 2.34. The second-order valence-corrected chi connectivity index (χ2v) is 5.48. The number of nitrogens with zero attached hydrogens (tertiary/aromatic N) is 2. The Labute approximate surface area is 104 Å². The SMILES string of the molecule is CC1CCC(O)(Cc2nc(C(C)(F)F)no2)CC1. The lowest BCUT2D eigenvalue weighted by atomic mass is 9.78. The minimum Gasteiger partial charge on any atom is -0.389 e. The maximum Gasteiger partial charge on any atom is 0.307 e. The third-order valence-electron chi connectivity index (χ3n) is 3.55. The first-order valence-corrected chi connectivity index (χ1v) is 6.22. The fourth-order valence-electron chi connectivity index (χ4n) is 2.26. The molecule has 1 aromatic heterocycles. The van der Waals surface area contributed by atoms with Crippen LogP contribution in [0.5, 0.6) is 0 Å². The number of halogens is 2. The molecule has 1 saturated carbocycles. The van der Waals surface area contributed by atoms with Gasteiger partial charge in [0.25, 0.3) is 0 Å². The number of hydrogen-bond acceptors (Lipinski definition) is 4. The van der Waals surface area contributed by atoms with Crippen LogP contribution in [0.3, 0.4) is 0 Å². The van der Waals surface area contributed by atoms with Crippen LogP contribution in [0.1, 0.15) is 51.2 Å². The Morgan fingerprint density at radius 1 is 1.44 bits per heavy atom. The molecule has 0 aromatic carbocycles. The van der Waals surface area contributed by atoms with Crippen molar-refractivity contribution in [3.05, 3.63) is 11.7 Å². The average molecular weight is 260 g/mol. The van der Waals surface area contributed by atoms with Crippen molar-refractivity contribution in [1.29, 1.82) is 0 Å². The summed E-state index contributed by atoms with van der Waals surface area (Å²) in [6, 6.07) is 0. The maximum absolute atomic E-state index is 12.9. The van der Waals surface area contributed by atoms with Crippen LogP contribution >= 0.6 is 0 Å². The van der Waals surface area contributed by atoms with Crippen LogP contribution in [0.15, 0.2) is 4.52 Å². The monoisotopic (exact) mass is 260 g/mol. The Balaban J connectivity index is 2.03. The molecule has 0 spiro atoms. The summed E-state index contributed by atoms with van der Waals surface area (Å²) >= 11 is 0. The third-order valence-corrected chi connectivity index (χ3v) is 3.55. The van der Waals surface area contributed by atoms with Gasteiger partial charge in [0, 0.05) is 6.92 Å². The smallest absolute Gasteiger partial charge is 0.307 e. The van der Waals surface area contributed by atoms with Crippen molar-refractivity contribution in [2.24, 2.45) is 5.92 Å². The van der Waals surface area contributed by atoms with Gasteiger partial charge >= 0.3 is 5.92 Å². The molecule has 0 amide bonds. The second-order valence-electron chi connectivity index (χ2n) is 5.48. The van der Waals surface area contributed by atoms with Crippen molar-refractivity contribution >= 4 is 0 Å². The van der Waals surface area contributed by atoms with E-state index in [0.29, 0.717) is 18.8 Å². The van der Waals surface area contributed by atoms with Gasteiger partial charge in [-0.05, 0) is 31.6 Å². The Kier molecular flexibility index (Phi) is 3.40. The number of rotatable bonds is 3. The number of hydrogen-bond donors (Lipinski definition) is 1. The molecule has 2 rings (SSSR count). The lowest BCUT2D eigenvalue weighted by molar-refractivity contribution is -0.0125. The number of alkyl halides is 2. The van der Waals surface area contributed by atoms with Crippen LogP contribution in [0, 0.1) is 5.92 Å². The van der Waals surface area contributed by atoms with Gasteiger partial charge < -0.3 is 9.63 Å². The number of aliphatic hydroxyl groups is 1. The predicted octanol–water partition coefficient (Wildman–Crippen LogP) is 2.67. The second kappa shape index (κ2) is 4.57. The summed E-state index contributed by atoms with van der Waals surface area (Å²) in [5.41, 5.74) is -0.890. The lowest BCUT2D eigenvalue weighted by Crippen LogP contribution is -2.35. The molecule has 0 radical (unpaired) electrons. The van der Waals surface area contributed by atoms with E-state index in [9.17, 15) is 13.9 Å². The number of aromatic nitrogens is 2. The van der Waals surface area contributed by atoms with Gasteiger partial charge in [0.05, 0.1) is 12.0 Å². The maximum atomic E-state index is 12.9. The quantitative estimate of drug-likeness (QED) is 0.907. The average Bonchev–Trinajstić information content (AvgIpc) is 2.71.